The molecule has 1 aliphatic rings. The van der Waals surface area contributed by atoms with Crippen molar-refractivity contribution in [1.29, 1.82) is 0 Å². The third kappa shape index (κ3) is 4.24. The third-order valence-electron chi connectivity index (χ3n) is 4.18. The average molecular weight is 312 g/mol. The molecule has 0 aliphatic carbocycles. The van der Waals surface area contributed by atoms with Crippen LogP contribution in [0.2, 0.25) is 0 Å². The number of benzene rings is 2. The second-order valence-electron chi connectivity index (χ2n) is 5.75. The second-order valence-corrected chi connectivity index (χ2v) is 5.75. The van der Waals surface area contributed by atoms with Crippen molar-refractivity contribution in [1.82, 2.24) is 0 Å². The summed E-state index contributed by atoms with van der Waals surface area (Å²) >= 11 is 0. The van der Waals surface area contributed by atoms with Gasteiger partial charge in [-0.1, -0.05) is 30.3 Å². The van der Waals surface area contributed by atoms with Crippen molar-refractivity contribution in [3.8, 4) is 0 Å². The summed E-state index contributed by atoms with van der Waals surface area (Å²) in [5.41, 5.74) is 4.85. The van der Waals surface area contributed by atoms with Gasteiger partial charge in [-0.2, -0.15) is 0 Å². The predicted octanol–water partition coefficient (Wildman–Crippen LogP) is 2.67. The molecule has 4 heteroatoms. The molecule has 4 nitrogen and oxygen atoms in total. The lowest BCUT2D eigenvalue weighted by molar-refractivity contribution is 0.122. The van der Waals surface area contributed by atoms with Crippen molar-refractivity contribution in [3.63, 3.8) is 0 Å². The molecule has 1 aliphatic heterocycles. The van der Waals surface area contributed by atoms with E-state index in [1.165, 1.54) is 11.3 Å². The van der Waals surface area contributed by atoms with Gasteiger partial charge in [-0.25, -0.2) is 0 Å². The van der Waals surface area contributed by atoms with E-state index in [9.17, 15) is 0 Å². The summed E-state index contributed by atoms with van der Waals surface area (Å²) in [5.74, 6) is 0. The van der Waals surface area contributed by atoms with E-state index in [4.69, 9.17) is 9.84 Å². The molecule has 1 heterocycles. The van der Waals surface area contributed by atoms with Crippen LogP contribution in [0.3, 0.4) is 0 Å². The first-order chi connectivity index (χ1) is 11.4. The van der Waals surface area contributed by atoms with Crippen molar-refractivity contribution in [2.24, 2.45) is 0 Å². The van der Waals surface area contributed by atoms with Crippen LogP contribution in [0.15, 0.2) is 48.5 Å². The van der Waals surface area contributed by atoms with E-state index in [2.05, 4.69) is 58.7 Å². The normalized spacial score (nSPS) is 14.7. The molecule has 0 unspecified atom stereocenters. The summed E-state index contributed by atoms with van der Waals surface area (Å²) in [5, 5.41) is 12.5. The number of rotatable bonds is 6. The standard InChI is InChI=1S/C19H24N2O2/c22-12-9-16-5-7-18(8-6-16)20-15-17-3-1-2-4-19(17)21-10-13-23-14-11-21/h1-8,20,22H,9-15H2. The molecule has 0 aromatic heterocycles. The number of aliphatic hydroxyl groups is 1. The lowest BCUT2D eigenvalue weighted by atomic mass is 10.1. The highest BCUT2D eigenvalue weighted by Gasteiger charge is 2.14. The van der Waals surface area contributed by atoms with Crippen LogP contribution in [-0.4, -0.2) is 38.0 Å². The maximum absolute atomic E-state index is 8.97. The highest BCUT2D eigenvalue weighted by atomic mass is 16.5. The largest absolute Gasteiger partial charge is 0.396 e. The number of aliphatic hydroxyl groups excluding tert-OH is 1. The number of anilines is 2. The molecular formula is C19H24N2O2. The Morgan fingerprint density at radius 3 is 2.48 bits per heavy atom. The minimum absolute atomic E-state index is 0.194. The van der Waals surface area contributed by atoms with Gasteiger partial charge in [-0.3, -0.25) is 0 Å². The molecule has 0 saturated carbocycles. The van der Waals surface area contributed by atoms with Gasteiger partial charge in [0, 0.05) is 37.6 Å². The zero-order valence-electron chi connectivity index (χ0n) is 13.4. The van der Waals surface area contributed by atoms with Crippen molar-refractivity contribution < 1.29 is 9.84 Å². The van der Waals surface area contributed by atoms with E-state index in [0.717, 1.165) is 44.1 Å². The third-order valence-corrected chi connectivity index (χ3v) is 4.18. The Hall–Kier alpha value is -2.04. The summed E-state index contributed by atoms with van der Waals surface area (Å²) < 4.78 is 5.45. The molecule has 1 fully saturated rings. The molecule has 23 heavy (non-hydrogen) atoms. The van der Waals surface area contributed by atoms with Gasteiger partial charge in [0.25, 0.3) is 0 Å². The van der Waals surface area contributed by atoms with Crippen LogP contribution in [0.4, 0.5) is 11.4 Å². The molecule has 0 radical (unpaired) electrons. The number of nitrogens with zero attached hydrogens (tertiary/aromatic N) is 1. The lowest BCUT2D eigenvalue weighted by Gasteiger charge is -2.30. The molecule has 2 aromatic rings. The van der Waals surface area contributed by atoms with Crippen LogP contribution in [0.1, 0.15) is 11.1 Å². The van der Waals surface area contributed by atoms with Crippen LogP contribution in [0, 0.1) is 0 Å². The Bertz CT molecular complexity index is 607. The van der Waals surface area contributed by atoms with Gasteiger partial charge < -0.3 is 20.1 Å². The van der Waals surface area contributed by atoms with Gasteiger partial charge >= 0.3 is 0 Å². The first kappa shape index (κ1) is 15.8. The van der Waals surface area contributed by atoms with Crippen molar-refractivity contribution in [2.45, 2.75) is 13.0 Å². The van der Waals surface area contributed by atoms with E-state index >= 15 is 0 Å². The lowest BCUT2D eigenvalue weighted by Crippen LogP contribution is -2.36. The number of ether oxygens (including phenoxy) is 1. The summed E-state index contributed by atoms with van der Waals surface area (Å²) in [4.78, 5) is 2.39. The Balaban J connectivity index is 1.65. The minimum atomic E-state index is 0.194. The molecule has 2 N–H and O–H groups in total. The van der Waals surface area contributed by atoms with Gasteiger partial charge in [-0.05, 0) is 35.7 Å². The first-order valence-electron chi connectivity index (χ1n) is 8.21. The highest BCUT2D eigenvalue weighted by molar-refractivity contribution is 5.56. The number of para-hydroxylation sites is 1. The molecule has 3 rings (SSSR count). The maximum atomic E-state index is 8.97. The summed E-state index contributed by atoms with van der Waals surface area (Å²) in [6.45, 7) is 4.49. The smallest absolute Gasteiger partial charge is 0.0642 e. The Morgan fingerprint density at radius 2 is 1.74 bits per heavy atom. The fourth-order valence-electron chi connectivity index (χ4n) is 2.89. The number of hydrogen-bond acceptors (Lipinski definition) is 4. The molecule has 0 amide bonds. The topological polar surface area (TPSA) is 44.7 Å². The molecular weight excluding hydrogens is 288 g/mol. The summed E-state index contributed by atoms with van der Waals surface area (Å²) in [6, 6.07) is 16.8. The maximum Gasteiger partial charge on any atom is 0.0642 e. The fraction of sp³-hybridized carbons (Fsp3) is 0.368. The fourth-order valence-corrected chi connectivity index (χ4v) is 2.89. The van der Waals surface area contributed by atoms with Gasteiger partial charge in [-0.15, -0.1) is 0 Å². The molecule has 0 atom stereocenters. The van der Waals surface area contributed by atoms with Crippen LogP contribution in [0.5, 0.6) is 0 Å². The van der Waals surface area contributed by atoms with Crippen LogP contribution in [-0.2, 0) is 17.7 Å². The molecule has 2 aromatic carbocycles. The van der Waals surface area contributed by atoms with E-state index in [1.54, 1.807) is 0 Å². The van der Waals surface area contributed by atoms with Crippen LogP contribution >= 0.6 is 0 Å². The summed E-state index contributed by atoms with van der Waals surface area (Å²) in [6.07, 6.45) is 0.708. The van der Waals surface area contributed by atoms with E-state index in [1.807, 2.05) is 0 Å². The first-order valence-corrected chi connectivity index (χ1v) is 8.21. The summed E-state index contributed by atoms with van der Waals surface area (Å²) in [7, 11) is 0. The Kier molecular flexibility index (Phi) is 5.51. The SMILES string of the molecule is OCCc1ccc(NCc2ccccc2N2CCOCC2)cc1. The zero-order chi connectivity index (χ0) is 15.9. The molecule has 1 saturated heterocycles. The number of nitrogens with one attached hydrogen (secondary N) is 1. The van der Waals surface area contributed by atoms with Crippen LogP contribution < -0.4 is 10.2 Å². The van der Waals surface area contributed by atoms with Gasteiger partial charge in [0.2, 0.25) is 0 Å². The van der Waals surface area contributed by atoms with E-state index in [-0.39, 0.29) is 6.61 Å². The molecule has 0 spiro atoms. The average Bonchev–Trinajstić information content (AvgIpc) is 2.62. The van der Waals surface area contributed by atoms with Gasteiger partial charge in [0.05, 0.1) is 13.2 Å². The highest BCUT2D eigenvalue weighted by Crippen LogP contribution is 2.22. The van der Waals surface area contributed by atoms with Gasteiger partial charge in [0.1, 0.15) is 0 Å². The Morgan fingerprint density at radius 1 is 1.00 bits per heavy atom. The van der Waals surface area contributed by atoms with Crippen molar-refractivity contribution >= 4 is 11.4 Å². The number of hydrogen-bond donors (Lipinski definition) is 2. The molecule has 0 bridgehead atoms. The zero-order valence-corrected chi connectivity index (χ0v) is 13.4. The van der Waals surface area contributed by atoms with Crippen LogP contribution in [0.25, 0.3) is 0 Å². The van der Waals surface area contributed by atoms with Gasteiger partial charge in [0.15, 0.2) is 0 Å². The van der Waals surface area contributed by atoms with E-state index in [0.29, 0.717) is 6.42 Å². The minimum Gasteiger partial charge on any atom is -0.396 e. The number of morpholine rings is 1. The Labute approximate surface area is 137 Å². The van der Waals surface area contributed by atoms with Crippen molar-refractivity contribution in [3.05, 3.63) is 59.7 Å². The molecule has 122 valence electrons. The quantitative estimate of drug-likeness (QED) is 0.861. The second kappa shape index (κ2) is 7.99. The predicted molar refractivity (Wildman–Crippen MR) is 94.0 cm³/mol. The van der Waals surface area contributed by atoms with Crippen molar-refractivity contribution in [2.75, 3.05) is 43.1 Å². The van der Waals surface area contributed by atoms with E-state index < -0.39 is 0 Å². The monoisotopic (exact) mass is 312 g/mol.